The van der Waals surface area contributed by atoms with Crippen molar-refractivity contribution >= 4 is 11.9 Å². The first-order chi connectivity index (χ1) is 9.56. The first kappa shape index (κ1) is 16.1. The number of hydrogen-bond acceptors (Lipinski definition) is 3. The van der Waals surface area contributed by atoms with E-state index in [1.807, 2.05) is 0 Å². The minimum atomic E-state index is -0.881. The van der Waals surface area contributed by atoms with Crippen LogP contribution in [-0.4, -0.2) is 40.0 Å². The summed E-state index contributed by atoms with van der Waals surface area (Å²) in [6.45, 7) is 4.54. The molecule has 0 fully saturated rings. The van der Waals surface area contributed by atoms with E-state index in [2.05, 4.69) is 11.9 Å². The fourth-order valence-electron chi connectivity index (χ4n) is 1.91. The van der Waals surface area contributed by atoms with Crippen molar-refractivity contribution in [2.24, 2.45) is 5.92 Å². The molecular weight excluding hydrogens is 256 g/mol. The molecule has 5 nitrogen and oxygen atoms in total. The van der Waals surface area contributed by atoms with Crippen LogP contribution in [0, 0.1) is 5.92 Å². The van der Waals surface area contributed by atoms with E-state index in [9.17, 15) is 9.59 Å². The summed E-state index contributed by atoms with van der Waals surface area (Å²) in [7, 11) is 0. The summed E-state index contributed by atoms with van der Waals surface area (Å²) in [5, 5.41) is 9.01. The zero-order valence-corrected chi connectivity index (χ0v) is 12.1. The summed E-state index contributed by atoms with van der Waals surface area (Å²) in [6, 6.07) is 3.31. The normalized spacial score (nSPS) is 11.9. The van der Waals surface area contributed by atoms with Crippen molar-refractivity contribution in [1.29, 1.82) is 0 Å². The average molecular weight is 278 g/mol. The van der Waals surface area contributed by atoms with Crippen LogP contribution in [-0.2, 0) is 4.79 Å². The molecule has 1 amide bonds. The minimum absolute atomic E-state index is 0.128. The Kier molecular flexibility index (Phi) is 6.70. The third kappa shape index (κ3) is 4.99. The molecule has 110 valence electrons. The van der Waals surface area contributed by atoms with E-state index in [4.69, 9.17) is 5.11 Å². The first-order valence-electron chi connectivity index (χ1n) is 6.98. The van der Waals surface area contributed by atoms with Crippen molar-refractivity contribution in [3.63, 3.8) is 0 Å². The molecule has 1 atom stereocenters. The Morgan fingerprint density at radius 3 is 2.50 bits per heavy atom. The van der Waals surface area contributed by atoms with E-state index in [0.29, 0.717) is 12.1 Å². The highest BCUT2D eigenvalue weighted by molar-refractivity contribution is 5.94. The second kappa shape index (κ2) is 8.30. The van der Waals surface area contributed by atoms with E-state index >= 15 is 0 Å². The fraction of sp³-hybridized carbons (Fsp3) is 0.533. The zero-order valence-electron chi connectivity index (χ0n) is 12.1. The summed E-state index contributed by atoms with van der Waals surface area (Å²) in [5.41, 5.74) is 0.550. The predicted molar refractivity (Wildman–Crippen MR) is 76.5 cm³/mol. The Hall–Kier alpha value is -1.91. The smallest absolute Gasteiger partial charge is 0.308 e. The van der Waals surface area contributed by atoms with Gasteiger partial charge < -0.3 is 10.0 Å². The SMILES string of the molecule is CCCCCN(CC(C)C(=O)O)C(=O)c1ccncc1. The van der Waals surface area contributed by atoms with E-state index in [1.54, 1.807) is 36.4 Å². The molecule has 0 radical (unpaired) electrons. The molecule has 0 aromatic carbocycles. The summed E-state index contributed by atoms with van der Waals surface area (Å²) in [6.07, 6.45) is 6.11. The lowest BCUT2D eigenvalue weighted by Crippen LogP contribution is -2.37. The predicted octanol–water partition coefficient (Wildman–Crippen LogP) is 2.43. The van der Waals surface area contributed by atoms with Crippen molar-refractivity contribution in [2.75, 3.05) is 13.1 Å². The van der Waals surface area contributed by atoms with Crippen LogP contribution in [0.25, 0.3) is 0 Å². The summed E-state index contributed by atoms with van der Waals surface area (Å²) < 4.78 is 0. The van der Waals surface area contributed by atoms with Crippen LogP contribution in [0.15, 0.2) is 24.5 Å². The van der Waals surface area contributed by atoms with Gasteiger partial charge in [0.2, 0.25) is 0 Å². The molecule has 1 N–H and O–H groups in total. The maximum absolute atomic E-state index is 12.4. The van der Waals surface area contributed by atoms with Gasteiger partial charge >= 0.3 is 5.97 Å². The largest absolute Gasteiger partial charge is 0.481 e. The van der Waals surface area contributed by atoms with Crippen molar-refractivity contribution in [2.45, 2.75) is 33.1 Å². The number of aromatic nitrogens is 1. The summed E-state index contributed by atoms with van der Waals surface area (Å²) >= 11 is 0. The number of carbonyl (C=O) groups excluding carboxylic acids is 1. The molecule has 1 heterocycles. The number of rotatable bonds is 8. The molecule has 0 saturated heterocycles. The van der Waals surface area contributed by atoms with Gasteiger partial charge in [0.25, 0.3) is 5.91 Å². The number of aliphatic carboxylic acids is 1. The molecule has 0 aliphatic heterocycles. The fourth-order valence-corrected chi connectivity index (χ4v) is 1.91. The van der Waals surface area contributed by atoms with Crippen LogP contribution >= 0.6 is 0 Å². The molecule has 1 unspecified atom stereocenters. The Bertz CT molecular complexity index is 434. The van der Waals surface area contributed by atoms with Crippen LogP contribution < -0.4 is 0 Å². The Labute approximate surface area is 119 Å². The van der Waals surface area contributed by atoms with Gasteiger partial charge in [-0.15, -0.1) is 0 Å². The molecule has 0 aliphatic carbocycles. The van der Waals surface area contributed by atoms with Gasteiger partial charge in [-0.3, -0.25) is 14.6 Å². The number of hydrogen-bond donors (Lipinski definition) is 1. The lowest BCUT2D eigenvalue weighted by Gasteiger charge is -2.24. The average Bonchev–Trinajstić information content (AvgIpc) is 2.46. The van der Waals surface area contributed by atoms with Crippen molar-refractivity contribution in [3.05, 3.63) is 30.1 Å². The molecular formula is C15H22N2O3. The molecule has 0 saturated carbocycles. The lowest BCUT2D eigenvalue weighted by atomic mass is 10.1. The van der Waals surface area contributed by atoms with Gasteiger partial charge in [0.05, 0.1) is 5.92 Å². The van der Waals surface area contributed by atoms with E-state index < -0.39 is 11.9 Å². The van der Waals surface area contributed by atoms with E-state index in [1.165, 1.54) is 0 Å². The molecule has 1 rings (SSSR count). The van der Waals surface area contributed by atoms with E-state index in [-0.39, 0.29) is 12.5 Å². The number of carboxylic acid groups (broad SMARTS) is 1. The second-order valence-corrected chi connectivity index (χ2v) is 4.93. The second-order valence-electron chi connectivity index (χ2n) is 4.93. The topological polar surface area (TPSA) is 70.5 Å². The van der Waals surface area contributed by atoms with Gasteiger partial charge in [0, 0.05) is 31.0 Å². The van der Waals surface area contributed by atoms with Gasteiger partial charge in [-0.05, 0) is 18.6 Å². The Morgan fingerprint density at radius 1 is 1.30 bits per heavy atom. The molecule has 0 aliphatic rings. The number of unbranched alkanes of at least 4 members (excludes halogenated alkanes) is 2. The molecule has 5 heteroatoms. The maximum atomic E-state index is 12.4. The van der Waals surface area contributed by atoms with Crippen LogP contribution in [0.1, 0.15) is 43.5 Å². The minimum Gasteiger partial charge on any atom is -0.481 e. The third-order valence-electron chi connectivity index (χ3n) is 3.16. The van der Waals surface area contributed by atoms with Crippen LogP contribution in [0.3, 0.4) is 0 Å². The van der Waals surface area contributed by atoms with Crippen molar-refractivity contribution in [3.8, 4) is 0 Å². The standard InChI is InChI=1S/C15H22N2O3/c1-3-4-5-10-17(11-12(2)15(19)20)14(18)13-6-8-16-9-7-13/h6-9,12H,3-5,10-11H2,1-2H3,(H,19,20). The number of carbonyl (C=O) groups is 2. The van der Waals surface area contributed by atoms with Crippen molar-refractivity contribution < 1.29 is 14.7 Å². The highest BCUT2D eigenvalue weighted by atomic mass is 16.4. The maximum Gasteiger partial charge on any atom is 0.308 e. The zero-order chi connectivity index (χ0) is 15.0. The Balaban J connectivity index is 2.75. The van der Waals surface area contributed by atoms with Gasteiger partial charge in [0.15, 0.2) is 0 Å². The van der Waals surface area contributed by atoms with Gasteiger partial charge in [-0.1, -0.05) is 26.7 Å². The number of carboxylic acids is 1. The van der Waals surface area contributed by atoms with E-state index in [0.717, 1.165) is 19.3 Å². The quantitative estimate of drug-likeness (QED) is 0.741. The Morgan fingerprint density at radius 2 is 1.95 bits per heavy atom. The highest BCUT2D eigenvalue weighted by Gasteiger charge is 2.21. The summed E-state index contributed by atoms with van der Waals surface area (Å²) in [5.74, 6) is -1.58. The van der Waals surface area contributed by atoms with Gasteiger partial charge in [-0.25, -0.2) is 0 Å². The van der Waals surface area contributed by atoms with Gasteiger partial charge in [-0.2, -0.15) is 0 Å². The lowest BCUT2D eigenvalue weighted by molar-refractivity contribution is -0.141. The summed E-state index contributed by atoms with van der Waals surface area (Å²) in [4.78, 5) is 28.9. The first-order valence-corrected chi connectivity index (χ1v) is 6.98. The number of pyridine rings is 1. The van der Waals surface area contributed by atoms with Gasteiger partial charge in [0.1, 0.15) is 0 Å². The molecule has 1 aromatic rings. The monoisotopic (exact) mass is 278 g/mol. The molecule has 1 aromatic heterocycles. The van der Waals surface area contributed by atoms with Crippen molar-refractivity contribution in [1.82, 2.24) is 9.88 Å². The van der Waals surface area contributed by atoms with Crippen LogP contribution in [0.5, 0.6) is 0 Å². The van der Waals surface area contributed by atoms with Crippen LogP contribution in [0.4, 0.5) is 0 Å². The highest BCUT2D eigenvalue weighted by Crippen LogP contribution is 2.09. The molecule has 0 spiro atoms. The molecule has 20 heavy (non-hydrogen) atoms. The number of amides is 1. The number of nitrogens with zero attached hydrogens (tertiary/aromatic N) is 2. The van der Waals surface area contributed by atoms with Crippen LogP contribution in [0.2, 0.25) is 0 Å². The third-order valence-corrected chi connectivity index (χ3v) is 3.16. The molecule has 0 bridgehead atoms.